The van der Waals surface area contributed by atoms with E-state index in [1.54, 1.807) is 0 Å². The number of carbonyl (C=O) groups is 3. The number of ether oxygens (including phenoxy) is 3. The lowest BCUT2D eigenvalue weighted by Crippen LogP contribution is -2.30. The summed E-state index contributed by atoms with van der Waals surface area (Å²) in [5.74, 6) is 0.736. The molecule has 48 heavy (non-hydrogen) atoms. The minimum absolute atomic E-state index is 0.0672. The maximum atomic E-state index is 12.5. The fourth-order valence-corrected chi connectivity index (χ4v) is 6.05. The molecule has 0 aliphatic rings. The number of unbranched alkanes of at least 4 members (excludes halogenated alkanes) is 21. The van der Waals surface area contributed by atoms with Crippen LogP contribution in [0.4, 0.5) is 0 Å². The van der Waals surface area contributed by atoms with Crippen molar-refractivity contribution in [2.45, 2.75) is 227 Å². The molecule has 0 rings (SSSR count). The van der Waals surface area contributed by atoms with Crippen molar-refractivity contribution < 1.29 is 28.6 Å². The van der Waals surface area contributed by atoms with E-state index in [0.717, 1.165) is 76.0 Å². The van der Waals surface area contributed by atoms with Gasteiger partial charge in [-0.1, -0.05) is 182 Å². The Morgan fingerprint density at radius 1 is 0.396 bits per heavy atom. The molecule has 0 saturated carbocycles. The van der Waals surface area contributed by atoms with Gasteiger partial charge < -0.3 is 14.2 Å². The van der Waals surface area contributed by atoms with Crippen LogP contribution in [0.3, 0.4) is 0 Å². The van der Waals surface area contributed by atoms with E-state index in [-0.39, 0.29) is 31.1 Å². The standard InChI is InChI=1S/C42H80O6/c1-6-7-8-20-29-34-42(45)48-39(36-47-41(44)33-28-24-19-15-17-22-26-31-38(4)5)35-46-40(43)32-27-23-18-14-12-10-9-11-13-16-21-25-30-37(2)3/h37-39H,6-36H2,1-5H3/t39-/m0/s1. The smallest absolute Gasteiger partial charge is 0.306 e. The SMILES string of the molecule is CCCCCCCC(=O)O[C@@H](COC(=O)CCCCCCCCCCCCCCC(C)C)COC(=O)CCCCCCCCCC(C)C. The van der Waals surface area contributed by atoms with Crippen molar-refractivity contribution in [1.82, 2.24) is 0 Å². The van der Waals surface area contributed by atoms with Crippen LogP contribution in [0.15, 0.2) is 0 Å². The summed E-state index contributed by atoms with van der Waals surface area (Å²) in [6.45, 7) is 11.2. The van der Waals surface area contributed by atoms with Crippen molar-refractivity contribution in [3.63, 3.8) is 0 Å². The van der Waals surface area contributed by atoms with Gasteiger partial charge in [0, 0.05) is 19.3 Å². The van der Waals surface area contributed by atoms with Crippen LogP contribution in [0.2, 0.25) is 0 Å². The zero-order valence-corrected chi connectivity index (χ0v) is 32.6. The molecule has 0 aromatic heterocycles. The molecule has 0 saturated heterocycles. The number of hydrogen-bond acceptors (Lipinski definition) is 6. The molecule has 6 nitrogen and oxygen atoms in total. The van der Waals surface area contributed by atoms with E-state index < -0.39 is 6.10 Å². The molecule has 0 aromatic carbocycles. The van der Waals surface area contributed by atoms with Crippen LogP contribution in [-0.4, -0.2) is 37.2 Å². The van der Waals surface area contributed by atoms with Crippen LogP contribution in [0, 0.1) is 11.8 Å². The predicted molar refractivity (Wildman–Crippen MR) is 201 cm³/mol. The minimum Gasteiger partial charge on any atom is -0.462 e. The Morgan fingerprint density at radius 2 is 0.688 bits per heavy atom. The average molecular weight is 681 g/mol. The second-order valence-corrected chi connectivity index (χ2v) is 15.2. The van der Waals surface area contributed by atoms with Crippen molar-refractivity contribution in [2.24, 2.45) is 11.8 Å². The van der Waals surface area contributed by atoms with Gasteiger partial charge in [-0.2, -0.15) is 0 Å². The Hall–Kier alpha value is -1.59. The van der Waals surface area contributed by atoms with Crippen LogP contribution in [0.1, 0.15) is 221 Å². The fraction of sp³-hybridized carbons (Fsp3) is 0.929. The van der Waals surface area contributed by atoms with Gasteiger partial charge in [-0.3, -0.25) is 14.4 Å². The summed E-state index contributed by atoms with van der Waals surface area (Å²) in [4.78, 5) is 37.3. The second kappa shape index (κ2) is 35.2. The molecule has 0 bridgehead atoms. The van der Waals surface area contributed by atoms with Gasteiger partial charge in [0.1, 0.15) is 13.2 Å². The number of carbonyl (C=O) groups excluding carboxylic acids is 3. The molecular formula is C42H80O6. The first kappa shape index (κ1) is 46.4. The highest BCUT2D eigenvalue weighted by molar-refractivity contribution is 5.71. The van der Waals surface area contributed by atoms with Gasteiger partial charge >= 0.3 is 17.9 Å². The third-order valence-corrected chi connectivity index (χ3v) is 9.22. The van der Waals surface area contributed by atoms with Crippen molar-refractivity contribution in [2.75, 3.05) is 13.2 Å². The Bertz CT molecular complexity index is 734. The molecule has 0 spiro atoms. The maximum absolute atomic E-state index is 12.5. The summed E-state index contributed by atoms with van der Waals surface area (Å²) >= 11 is 0. The molecule has 0 aliphatic carbocycles. The highest BCUT2D eigenvalue weighted by Crippen LogP contribution is 2.16. The second-order valence-electron chi connectivity index (χ2n) is 15.2. The minimum atomic E-state index is -0.757. The number of esters is 3. The first-order valence-electron chi connectivity index (χ1n) is 20.7. The van der Waals surface area contributed by atoms with E-state index in [4.69, 9.17) is 14.2 Å². The molecule has 0 aromatic rings. The third-order valence-electron chi connectivity index (χ3n) is 9.22. The van der Waals surface area contributed by atoms with Crippen LogP contribution in [0.25, 0.3) is 0 Å². The van der Waals surface area contributed by atoms with Gasteiger partial charge in [0.25, 0.3) is 0 Å². The van der Waals surface area contributed by atoms with Crippen molar-refractivity contribution in [1.29, 1.82) is 0 Å². The summed E-state index contributed by atoms with van der Waals surface area (Å²) in [6, 6.07) is 0. The van der Waals surface area contributed by atoms with Crippen molar-refractivity contribution >= 4 is 17.9 Å². The predicted octanol–water partition coefficient (Wildman–Crippen LogP) is 12.6. The summed E-state index contributed by atoms with van der Waals surface area (Å²) in [7, 11) is 0. The monoisotopic (exact) mass is 681 g/mol. The van der Waals surface area contributed by atoms with Crippen LogP contribution < -0.4 is 0 Å². The van der Waals surface area contributed by atoms with E-state index in [1.165, 1.54) is 103 Å². The summed E-state index contributed by atoms with van der Waals surface area (Å²) in [5, 5.41) is 0. The van der Waals surface area contributed by atoms with E-state index in [0.29, 0.717) is 19.3 Å². The summed E-state index contributed by atoms with van der Waals surface area (Å²) < 4.78 is 16.5. The molecular weight excluding hydrogens is 600 g/mol. The van der Waals surface area contributed by atoms with Gasteiger partial charge in [0.15, 0.2) is 6.10 Å². The van der Waals surface area contributed by atoms with Gasteiger partial charge in [-0.05, 0) is 31.1 Å². The Balaban J connectivity index is 4.17. The van der Waals surface area contributed by atoms with Gasteiger partial charge in [-0.15, -0.1) is 0 Å². The first-order chi connectivity index (χ1) is 23.2. The molecule has 0 heterocycles. The van der Waals surface area contributed by atoms with Crippen molar-refractivity contribution in [3.8, 4) is 0 Å². The lowest BCUT2D eigenvalue weighted by atomic mass is 10.0. The lowest BCUT2D eigenvalue weighted by molar-refractivity contribution is -0.167. The molecule has 0 amide bonds. The zero-order chi connectivity index (χ0) is 35.5. The fourth-order valence-electron chi connectivity index (χ4n) is 6.05. The highest BCUT2D eigenvalue weighted by Gasteiger charge is 2.19. The Kier molecular flexibility index (Phi) is 34.1. The molecule has 0 unspecified atom stereocenters. The maximum Gasteiger partial charge on any atom is 0.306 e. The Labute approximate surface area is 298 Å². The molecule has 0 radical (unpaired) electrons. The third kappa shape index (κ3) is 35.7. The molecule has 0 N–H and O–H groups in total. The molecule has 0 fully saturated rings. The molecule has 1 atom stereocenters. The zero-order valence-electron chi connectivity index (χ0n) is 32.6. The lowest BCUT2D eigenvalue weighted by Gasteiger charge is -2.18. The first-order valence-corrected chi connectivity index (χ1v) is 20.7. The van der Waals surface area contributed by atoms with E-state index >= 15 is 0 Å². The largest absolute Gasteiger partial charge is 0.462 e. The molecule has 0 aliphatic heterocycles. The van der Waals surface area contributed by atoms with E-state index in [2.05, 4.69) is 34.6 Å². The van der Waals surface area contributed by atoms with Gasteiger partial charge in [0.05, 0.1) is 0 Å². The average Bonchev–Trinajstić information content (AvgIpc) is 3.04. The topological polar surface area (TPSA) is 78.9 Å². The summed E-state index contributed by atoms with van der Waals surface area (Å²) in [5.41, 5.74) is 0. The Morgan fingerprint density at radius 3 is 1.02 bits per heavy atom. The molecule has 6 heteroatoms. The number of rotatable bonds is 36. The highest BCUT2D eigenvalue weighted by atomic mass is 16.6. The quantitative estimate of drug-likeness (QED) is 0.0372. The van der Waals surface area contributed by atoms with Gasteiger partial charge in [-0.25, -0.2) is 0 Å². The van der Waals surface area contributed by atoms with Gasteiger partial charge in [0.2, 0.25) is 0 Å². The van der Waals surface area contributed by atoms with Crippen LogP contribution in [0.5, 0.6) is 0 Å². The van der Waals surface area contributed by atoms with Crippen LogP contribution in [-0.2, 0) is 28.6 Å². The van der Waals surface area contributed by atoms with Crippen molar-refractivity contribution in [3.05, 3.63) is 0 Å². The number of hydrogen-bond donors (Lipinski definition) is 0. The normalized spacial score (nSPS) is 12.1. The molecule has 284 valence electrons. The summed E-state index contributed by atoms with van der Waals surface area (Å²) in [6.07, 6.45) is 31.3. The van der Waals surface area contributed by atoms with E-state index in [1.807, 2.05) is 0 Å². The van der Waals surface area contributed by atoms with Crippen LogP contribution >= 0.6 is 0 Å². The van der Waals surface area contributed by atoms with E-state index in [9.17, 15) is 14.4 Å².